The number of nitrogens with one attached hydrogen (secondary N) is 1. The number of hydrogen-bond donors (Lipinski definition) is 2. The lowest BCUT2D eigenvalue weighted by atomic mass is 9.87. The molecular weight excluding hydrogens is 406 g/mol. The molecule has 0 bridgehead atoms. The number of hydrazone groups is 1. The van der Waals surface area contributed by atoms with Crippen molar-refractivity contribution >= 4 is 18.1 Å². The maximum atomic E-state index is 12.8. The zero-order chi connectivity index (χ0) is 23.3. The normalized spacial score (nSPS) is 11.5. The number of carboxylic acid groups (broad SMARTS) is 1. The van der Waals surface area contributed by atoms with E-state index in [-0.39, 0.29) is 16.5 Å². The predicted molar refractivity (Wildman–Crippen MR) is 123 cm³/mol. The molecule has 1 aromatic heterocycles. The molecule has 32 heavy (non-hydrogen) atoms. The molecule has 3 aromatic rings. The summed E-state index contributed by atoms with van der Waals surface area (Å²) in [4.78, 5) is 36.5. The first-order chi connectivity index (χ1) is 15.2. The molecule has 7 nitrogen and oxygen atoms in total. The van der Waals surface area contributed by atoms with Crippen molar-refractivity contribution < 1.29 is 14.7 Å². The molecule has 0 spiro atoms. The number of aromatic nitrogens is 1. The number of carbonyl (C=O) groups excluding carboxylic acids is 1. The smallest absolute Gasteiger partial charge is 0.336 e. The van der Waals surface area contributed by atoms with Gasteiger partial charge in [-0.1, -0.05) is 63.2 Å². The number of nitrogens with zero attached hydrogens (tertiary/aromatic N) is 2. The average molecular weight is 431 g/mol. The van der Waals surface area contributed by atoms with Crippen molar-refractivity contribution in [2.24, 2.45) is 5.10 Å². The van der Waals surface area contributed by atoms with Crippen molar-refractivity contribution in [2.75, 3.05) is 0 Å². The standard InChI is InChI=1S/C25H25N3O4/c1-25(2,3)19-12-10-17(11-13-19)16-28-14-6-9-21(23(28)30)22(29)27-26-15-18-7-4-5-8-20(18)24(31)32/h4-15H,16H2,1-3H3,(H,27,29)(H,31,32)/b26-15-. The van der Waals surface area contributed by atoms with Gasteiger partial charge in [-0.05, 0) is 34.7 Å². The lowest BCUT2D eigenvalue weighted by Crippen LogP contribution is -2.31. The molecule has 7 heteroatoms. The number of amides is 1. The SMILES string of the molecule is CC(C)(C)c1ccc(Cn2cccc(C(=O)N/N=C\c3ccccc3C(=O)O)c2=O)cc1. The van der Waals surface area contributed by atoms with E-state index in [1.807, 2.05) is 24.3 Å². The highest BCUT2D eigenvalue weighted by Crippen LogP contribution is 2.22. The van der Waals surface area contributed by atoms with Crippen LogP contribution in [0.3, 0.4) is 0 Å². The molecular formula is C25H25N3O4. The number of rotatable bonds is 6. The Kier molecular flexibility index (Phi) is 6.68. The Morgan fingerprint density at radius 2 is 1.66 bits per heavy atom. The first-order valence-electron chi connectivity index (χ1n) is 10.1. The monoisotopic (exact) mass is 431 g/mol. The molecule has 0 radical (unpaired) electrons. The van der Waals surface area contributed by atoms with Crippen LogP contribution in [0.2, 0.25) is 0 Å². The van der Waals surface area contributed by atoms with Gasteiger partial charge in [0.15, 0.2) is 0 Å². The second-order valence-corrected chi connectivity index (χ2v) is 8.39. The highest BCUT2D eigenvalue weighted by atomic mass is 16.4. The number of aromatic carboxylic acids is 1. The Balaban J connectivity index is 1.74. The molecule has 0 aliphatic heterocycles. The summed E-state index contributed by atoms with van der Waals surface area (Å²) < 4.78 is 1.46. The topological polar surface area (TPSA) is 101 Å². The Hall–Kier alpha value is -4.00. The highest BCUT2D eigenvalue weighted by Gasteiger charge is 2.14. The van der Waals surface area contributed by atoms with E-state index in [1.165, 1.54) is 28.5 Å². The molecule has 0 aliphatic carbocycles. The van der Waals surface area contributed by atoms with E-state index < -0.39 is 17.4 Å². The summed E-state index contributed by atoms with van der Waals surface area (Å²) in [6, 6.07) is 17.4. The van der Waals surface area contributed by atoms with Crippen LogP contribution >= 0.6 is 0 Å². The fraction of sp³-hybridized carbons (Fsp3) is 0.200. The quantitative estimate of drug-likeness (QED) is 0.459. The van der Waals surface area contributed by atoms with E-state index >= 15 is 0 Å². The molecule has 1 amide bonds. The lowest BCUT2D eigenvalue weighted by Gasteiger charge is -2.19. The van der Waals surface area contributed by atoms with Gasteiger partial charge in [-0.15, -0.1) is 0 Å². The molecule has 1 heterocycles. The number of carbonyl (C=O) groups is 2. The van der Waals surface area contributed by atoms with Gasteiger partial charge >= 0.3 is 5.97 Å². The number of pyridine rings is 1. The summed E-state index contributed by atoms with van der Waals surface area (Å²) in [6.45, 7) is 6.74. The number of carboxylic acids is 1. The van der Waals surface area contributed by atoms with Gasteiger partial charge in [-0.3, -0.25) is 9.59 Å². The molecule has 0 atom stereocenters. The van der Waals surface area contributed by atoms with E-state index in [9.17, 15) is 19.5 Å². The van der Waals surface area contributed by atoms with Gasteiger partial charge in [0.1, 0.15) is 5.56 Å². The van der Waals surface area contributed by atoms with E-state index in [4.69, 9.17) is 0 Å². The molecule has 164 valence electrons. The first kappa shape index (κ1) is 22.7. The average Bonchev–Trinajstić information content (AvgIpc) is 2.75. The Morgan fingerprint density at radius 1 is 1.00 bits per heavy atom. The van der Waals surface area contributed by atoms with Crippen LogP contribution in [0.25, 0.3) is 0 Å². The highest BCUT2D eigenvalue weighted by molar-refractivity contribution is 5.99. The second-order valence-electron chi connectivity index (χ2n) is 8.39. The fourth-order valence-electron chi connectivity index (χ4n) is 3.17. The van der Waals surface area contributed by atoms with Crippen molar-refractivity contribution in [3.05, 3.63) is 105 Å². The number of benzene rings is 2. The van der Waals surface area contributed by atoms with Crippen molar-refractivity contribution in [1.82, 2.24) is 9.99 Å². The summed E-state index contributed by atoms with van der Waals surface area (Å²) in [5.41, 5.74) is 4.38. The summed E-state index contributed by atoms with van der Waals surface area (Å²) in [5, 5.41) is 13.0. The van der Waals surface area contributed by atoms with Crippen molar-refractivity contribution in [2.45, 2.75) is 32.7 Å². The summed E-state index contributed by atoms with van der Waals surface area (Å²) in [7, 11) is 0. The van der Waals surface area contributed by atoms with Crippen LogP contribution in [-0.2, 0) is 12.0 Å². The van der Waals surface area contributed by atoms with Crippen LogP contribution in [0, 0.1) is 0 Å². The summed E-state index contributed by atoms with van der Waals surface area (Å²) in [5.74, 6) is -1.77. The molecule has 3 rings (SSSR count). The zero-order valence-corrected chi connectivity index (χ0v) is 18.2. The van der Waals surface area contributed by atoms with Gasteiger partial charge in [-0.25, -0.2) is 10.2 Å². The summed E-state index contributed by atoms with van der Waals surface area (Å²) in [6.07, 6.45) is 2.86. The lowest BCUT2D eigenvalue weighted by molar-refractivity contribution is 0.0696. The van der Waals surface area contributed by atoms with Crippen molar-refractivity contribution in [3.8, 4) is 0 Å². The molecule has 2 N–H and O–H groups in total. The molecule has 0 unspecified atom stereocenters. The minimum Gasteiger partial charge on any atom is -0.478 e. The third-order valence-electron chi connectivity index (χ3n) is 5.00. The van der Waals surface area contributed by atoms with Crippen LogP contribution in [-0.4, -0.2) is 27.8 Å². The van der Waals surface area contributed by atoms with E-state index in [2.05, 4.69) is 31.3 Å². The van der Waals surface area contributed by atoms with Crippen LogP contribution < -0.4 is 11.0 Å². The van der Waals surface area contributed by atoms with Gasteiger partial charge in [0.2, 0.25) is 0 Å². The first-order valence-corrected chi connectivity index (χ1v) is 10.1. The Morgan fingerprint density at radius 3 is 2.31 bits per heavy atom. The van der Waals surface area contributed by atoms with Gasteiger partial charge in [0, 0.05) is 11.8 Å². The van der Waals surface area contributed by atoms with Gasteiger partial charge < -0.3 is 9.67 Å². The molecule has 0 fully saturated rings. The molecule has 0 saturated heterocycles. The Bertz CT molecular complexity index is 1220. The van der Waals surface area contributed by atoms with Crippen LogP contribution in [0.4, 0.5) is 0 Å². The maximum Gasteiger partial charge on any atom is 0.336 e. The third-order valence-corrected chi connectivity index (χ3v) is 5.00. The minimum absolute atomic E-state index is 0.0405. The second kappa shape index (κ2) is 9.43. The maximum absolute atomic E-state index is 12.8. The van der Waals surface area contributed by atoms with Gasteiger partial charge in [0.05, 0.1) is 18.3 Å². The number of hydrogen-bond acceptors (Lipinski definition) is 4. The van der Waals surface area contributed by atoms with Crippen molar-refractivity contribution in [3.63, 3.8) is 0 Å². The van der Waals surface area contributed by atoms with Gasteiger partial charge in [0.25, 0.3) is 11.5 Å². The van der Waals surface area contributed by atoms with E-state index in [1.54, 1.807) is 30.5 Å². The third kappa shape index (κ3) is 5.37. The van der Waals surface area contributed by atoms with Crippen LogP contribution in [0.1, 0.15) is 58.2 Å². The molecule has 0 aliphatic rings. The van der Waals surface area contributed by atoms with Crippen LogP contribution in [0.15, 0.2) is 76.8 Å². The van der Waals surface area contributed by atoms with Crippen LogP contribution in [0.5, 0.6) is 0 Å². The predicted octanol–water partition coefficient (Wildman–Crippen LogP) is 3.66. The van der Waals surface area contributed by atoms with E-state index in [0.29, 0.717) is 12.1 Å². The molecule has 2 aromatic carbocycles. The Labute approximate surface area is 186 Å². The summed E-state index contributed by atoms with van der Waals surface area (Å²) >= 11 is 0. The van der Waals surface area contributed by atoms with Crippen molar-refractivity contribution in [1.29, 1.82) is 0 Å². The zero-order valence-electron chi connectivity index (χ0n) is 18.2. The fourth-order valence-corrected chi connectivity index (χ4v) is 3.17. The van der Waals surface area contributed by atoms with Gasteiger partial charge in [-0.2, -0.15) is 5.10 Å². The minimum atomic E-state index is -1.10. The molecule has 0 saturated carbocycles. The van der Waals surface area contributed by atoms with E-state index in [0.717, 1.165) is 5.56 Å². The largest absolute Gasteiger partial charge is 0.478 e.